The third kappa shape index (κ3) is 1.95. The second-order valence-corrected chi connectivity index (χ2v) is 1.45. The van der Waals surface area contributed by atoms with Crippen LogP contribution in [-0.2, 0) is 21.9 Å². The van der Waals surface area contributed by atoms with Crippen LogP contribution in [0.15, 0.2) is 0 Å². The third-order valence-electron chi connectivity index (χ3n) is 0.903. The summed E-state index contributed by atoms with van der Waals surface area (Å²) in [5.41, 5.74) is 0. The number of rotatable bonds is 0. The normalized spacial score (nSPS) is 18.0. The Balaban J connectivity index is 0.000000360. The van der Waals surface area contributed by atoms with Crippen LogP contribution in [0.25, 0.3) is 0 Å². The van der Waals surface area contributed by atoms with Crippen LogP contribution >= 0.6 is 0 Å². The summed E-state index contributed by atoms with van der Waals surface area (Å²) in [6, 6.07) is 0. The van der Waals surface area contributed by atoms with Crippen LogP contribution in [0.5, 0.6) is 0 Å². The molecule has 0 unspecified atom stereocenters. The van der Waals surface area contributed by atoms with Crippen molar-refractivity contribution >= 4 is 5.91 Å². The molecule has 1 saturated heterocycles. The Hall–Kier alpha value is -0.0105. The summed E-state index contributed by atoms with van der Waals surface area (Å²) in [5, 5.41) is 2.68. The number of carbonyl (C=O) groups excluding carboxylic acids is 1. The van der Waals surface area contributed by atoms with Gasteiger partial charge in [0.25, 0.3) is 0 Å². The van der Waals surface area contributed by atoms with E-state index in [-0.39, 0.29) is 23.0 Å². The molecule has 1 rings (SSSR count). The summed E-state index contributed by atoms with van der Waals surface area (Å²) < 4.78 is 0. The molecule has 1 aliphatic heterocycles. The van der Waals surface area contributed by atoms with Gasteiger partial charge in [-0.3, -0.25) is 4.79 Å². The number of hydrogen-bond acceptors (Lipinski definition) is 1. The minimum absolute atomic E-state index is 0. The van der Waals surface area contributed by atoms with Gasteiger partial charge in [-0.15, -0.1) is 0 Å². The van der Waals surface area contributed by atoms with E-state index in [1.807, 2.05) is 0 Å². The molecule has 1 aliphatic rings. The SMILES string of the molecule is O=C1CCCN1.[Mn]. The van der Waals surface area contributed by atoms with Gasteiger partial charge in [-0.2, -0.15) is 0 Å². The summed E-state index contributed by atoms with van der Waals surface area (Å²) in [4.78, 5) is 10.1. The zero-order valence-electron chi connectivity index (χ0n) is 3.91. The van der Waals surface area contributed by atoms with E-state index in [0.29, 0.717) is 0 Å². The van der Waals surface area contributed by atoms with Crippen molar-refractivity contribution in [2.24, 2.45) is 0 Å². The summed E-state index contributed by atoms with van der Waals surface area (Å²) in [7, 11) is 0. The predicted molar refractivity (Wildman–Crippen MR) is 22.2 cm³/mol. The second kappa shape index (κ2) is 3.05. The third-order valence-corrected chi connectivity index (χ3v) is 0.903. The van der Waals surface area contributed by atoms with E-state index in [4.69, 9.17) is 0 Å². The molecule has 0 atom stereocenters. The molecule has 1 heterocycles. The quantitative estimate of drug-likeness (QED) is 0.467. The van der Waals surface area contributed by atoms with Crippen LogP contribution < -0.4 is 5.32 Å². The molecular weight excluding hydrogens is 133 g/mol. The fourth-order valence-corrected chi connectivity index (χ4v) is 0.565. The Kier molecular flexibility index (Phi) is 3.05. The first-order valence-corrected chi connectivity index (χ1v) is 2.16. The Morgan fingerprint density at radius 3 is 2.43 bits per heavy atom. The molecule has 41 valence electrons. The van der Waals surface area contributed by atoms with Crippen LogP contribution in [0.1, 0.15) is 12.8 Å². The van der Waals surface area contributed by atoms with Gasteiger partial charge in [0.05, 0.1) is 0 Å². The van der Waals surface area contributed by atoms with Crippen molar-refractivity contribution < 1.29 is 21.9 Å². The summed E-state index contributed by atoms with van der Waals surface area (Å²) in [6.45, 7) is 0.888. The first kappa shape index (κ1) is 6.99. The van der Waals surface area contributed by atoms with Crippen LogP contribution in [0.4, 0.5) is 0 Å². The Morgan fingerprint density at radius 1 is 1.57 bits per heavy atom. The molecule has 0 aliphatic carbocycles. The van der Waals surface area contributed by atoms with E-state index in [1.165, 1.54) is 0 Å². The van der Waals surface area contributed by atoms with E-state index in [0.717, 1.165) is 19.4 Å². The minimum Gasteiger partial charge on any atom is -0.356 e. The van der Waals surface area contributed by atoms with Gasteiger partial charge in [-0.1, -0.05) is 0 Å². The molecule has 1 radical (unpaired) electrons. The maximum Gasteiger partial charge on any atom is 0.220 e. The number of hydrogen-bond donors (Lipinski definition) is 1. The molecule has 7 heavy (non-hydrogen) atoms. The minimum atomic E-state index is 0. The standard InChI is InChI=1S/C4H7NO.Mn/c6-4-2-1-3-5-4;/h1-3H2,(H,5,6);. The summed E-state index contributed by atoms with van der Waals surface area (Å²) in [5.74, 6) is 0.204. The molecule has 0 spiro atoms. The largest absolute Gasteiger partial charge is 0.356 e. The van der Waals surface area contributed by atoms with Crippen LogP contribution in [0, 0.1) is 0 Å². The van der Waals surface area contributed by atoms with Crippen molar-refractivity contribution in [2.75, 3.05) is 6.54 Å². The average Bonchev–Trinajstić information content (AvgIpc) is 1.86. The number of carbonyl (C=O) groups is 1. The molecule has 3 heteroatoms. The number of amides is 1. The fraction of sp³-hybridized carbons (Fsp3) is 0.750. The summed E-state index contributed by atoms with van der Waals surface area (Å²) in [6.07, 6.45) is 1.76. The molecule has 1 N–H and O–H groups in total. The Labute approximate surface area is 53.1 Å². The van der Waals surface area contributed by atoms with Gasteiger partial charge in [0, 0.05) is 30.0 Å². The smallest absolute Gasteiger partial charge is 0.220 e. The molecular formula is C4H7MnNO. The summed E-state index contributed by atoms with van der Waals surface area (Å²) >= 11 is 0. The van der Waals surface area contributed by atoms with Crippen molar-refractivity contribution in [3.63, 3.8) is 0 Å². The topological polar surface area (TPSA) is 29.1 Å². The molecule has 0 aromatic heterocycles. The van der Waals surface area contributed by atoms with Crippen LogP contribution in [-0.4, -0.2) is 12.5 Å². The van der Waals surface area contributed by atoms with Gasteiger partial charge < -0.3 is 5.32 Å². The molecule has 0 aromatic carbocycles. The fourth-order valence-electron chi connectivity index (χ4n) is 0.565. The first-order chi connectivity index (χ1) is 2.89. The molecule has 1 fully saturated rings. The van der Waals surface area contributed by atoms with Crippen molar-refractivity contribution in [3.8, 4) is 0 Å². The van der Waals surface area contributed by atoms with E-state index < -0.39 is 0 Å². The monoisotopic (exact) mass is 140 g/mol. The van der Waals surface area contributed by atoms with Gasteiger partial charge in [-0.25, -0.2) is 0 Å². The second-order valence-electron chi connectivity index (χ2n) is 1.45. The van der Waals surface area contributed by atoms with Crippen molar-refractivity contribution in [3.05, 3.63) is 0 Å². The molecule has 0 bridgehead atoms. The maximum atomic E-state index is 10.1. The van der Waals surface area contributed by atoms with Crippen LogP contribution in [0.2, 0.25) is 0 Å². The number of nitrogens with one attached hydrogen (secondary N) is 1. The Bertz CT molecular complexity index is 66.1. The molecule has 2 nitrogen and oxygen atoms in total. The zero-order valence-corrected chi connectivity index (χ0v) is 5.09. The van der Waals surface area contributed by atoms with Gasteiger partial charge in [0.2, 0.25) is 5.91 Å². The van der Waals surface area contributed by atoms with Gasteiger partial charge in [0.1, 0.15) is 0 Å². The van der Waals surface area contributed by atoms with Crippen molar-refractivity contribution in [2.45, 2.75) is 12.8 Å². The van der Waals surface area contributed by atoms with Crippen molar-refractivity contribution in [1.29, 1.82) is 0 Å². The Morgan fingerprint density at radius 2 is 2.29 bits per heavy atom. The average molecular weight is 140 g/mol. The van der Waals surface area contributed by atoms with E-state index >= 15 is 0 Å². The van der Waals surface area contributed by atoms with Crippen molar-refractivity contribution in [1.82, 2.24) is 5.32 Å². The van der Waals surface area contributed by atoms with Gasteiger partial charge in [-0.05, 0) is 6.42 Å². The van der Waals surface area contributed by atoms with E-state index in [9.17, 15) is 4.79 Å². The van der Waals surface area contributed by atoms with Gasteiger partial charge >= 0.3 is 0 Å². The predicted octanol–water partition coefficient (Wildman–Crippen LogP) is -0.106. The molecule has 0 saturated carbocycles. The van der Waals surface area contributed by atoms with Gasteiger partial charge in [0.15, 0.2) is 0 Å². The molecule has 1 amide bonds. The zero-order chi connectivity index (χ0) is 4.41. The van der Waals surface area contributed by atoms with E-state index in [1.54, 1.807) is 0 Å². The molecule has 0 aromatic rings. The first-order valence-electron chi connectivity index (χ1n) is 2.16. The maximum absolute atomic E-state index is 10.1. The van der Waals surface area contributed by atoms with E-state index in [2.05, 4.69) is 5.32 Å². The van der Waals surface area contributed by atoms with Crippen LogP contribution in [0.3, 0.4) is 0 Å².